The summed E-state index contributed by atoms with van der Waals surface area (Å²) in [5.41, 5.74) is 5.07. The highest BCUT2D eigenvalue weighted by Gasteiger charge is 2.17. The van der Waals surface area contributed by atoms with Crippen LogP contribution in [0.3, 0.4) is 0 Å². The first kappa shape index (κ1) is 16.2. The lowest BCUT2D eigenvalue weighted by Crippen LogP contribution is -2.29. The lowest BCUT2D eigenvalue weighted by molar-refractivity contribution is -0.384. The molecule has 0 saturated heterocycles. The molecule has 114 valence electrons. The number of nitrogens with zero attached hydrogens (tertiary/aromatic N) is 1. The van der Waals surface area contributed by atoms with Crippen LogP contribution in [0.2, 0.25) is 0 Å². The fraction of sp³-hybridized carbons (Fsp3) is 0.333. The molecule has 21 heavy (non-hydrogen) atoms. The Bertz CT molecular complexity index is 546. The number of carbonyl (C=O) groups excluding carboxylic acids is 2. The van der Waals surface area contributed by atoms with Crippen LogP contribution >= 0.6 is 0 Å². The summed E-state index contributed by atoms with van der Waals surface area (Å²) in [7, 11) is 0. The fourth-order valence-electron chi connectivity index (χ4n) is 1.58. The molecule has 0 fully saturated rings. The van der Waals surface area contributed by atoms with Crippen molar-refractivity contribution >= 4 is 23.4 Å². The Balaban J connectivity index is 2.74. The molecular formula is C12H16N4O5. The standard InChI is InChI=1S/C12H16N4O5/c1-2-14-9-4-3-8(7-10(9)16(19)20)11(17)15-5-6-21-12(13)18/h3-4,7,14H,2,5-6H2,1H3,(H2,13,18)(H,15,17). The van der Waals surface area contributed by atoms with E-state index in [0.717, 1.165) is 0 Å². The molecule has 0 aliphatic carbocycles. The summed E-state index contributed by atoms with van der Waals surface area (Å²) in [6.07, 6.45) is -0.935. The number of amides is 2. The number of nitrogens with one attached hydrogen (secondary N) is 2. The third-order valence-corrected chi connectivity index (χ3v) is 2.46. The van der Waals surface area contributed by atoms with E-state index < -0.39 is 16.9 Å². The molecule has 0 unspecified atom stereocenters. The number of benzene rings is 1. The van der Waals surface area contributed by atoms with Crippen molar-refractivity contribution < 1.29 is 19.2 Å². The third-order valence-electron chi connectivity index (χ3n) is 2.46. The summed E-state index contributed by atoms with van der Waals surface area (Å²) in [4.78, 5) is 32.6. The van der Waals surface area contributed by atoms with E-state index in [4.69, 9.17) is 5.73 Å². The van der Waals surface area contributed by atoms with Crippen molar-refractivity contribution in [3.8, 4) is 0 Å². The molecule has 2 amide bonds. The van der Waals surface area contributed by atoms with Crippen LogP contribution in [0.25, 0.3) is 0 Å². The summed E-state index contributed by atoms with van der Waals surface area (Å²) in [6.45, 7) is 2.32. The highest BCUT2D eigenvalue weighted by molar-refractivity contribution is 5.95. The quantitative estimate of drug-likeness (QED) is 0.387. The number of anilines is 1. The second-order valence-corrected chi connectivity index (χ2v) is 3.94. The molecule has 0 atom stereocenters. The molecule has 9 nitrogen and oxygen atoms in total. The van der Waals surface area contributed by atoms with E-state index in [2.05, 4.69) is 15.4 Å². The Morgan fingerprint density at radius 3 is 2.71 bits per heavy atom. The molecule has 0 heterocycles. The summed E-state index contributed by atoms with van der Waals surface area (Å²) >= 11 is 0. The Kier molecular flexibility index (Phi) is 5.93. The highest BCUT2D eigenvalue weighted by atomic mass is 16.6. The molecule has 1 aromatic rings. The Labute approximate surface area is 120 Å². The predicted molar refractivity (Wildman–Crippen MR) is 75.1 cm³/mol. The van der Waals surface area contributed by atoms with Crippen LogP contribution in [0.1, 0.15) is 17.3 Å². The molecule has 1 aromatic carbocycles. The van der Waals surface area contributed by atoms with Gasteiger partial charge < -0.3 is 21.1 Å². The molecule has 1 rings (SSSR count). The predicted octanol–water partition coefficient (Wildman–Crippen LogP) is 0.852. The molecule has 0 aliphatic heterocycles. The zero-order valence-corrected chi connectivity index (χ0v) is 11.4. The van der Waals surface area contributed by atoms with Crippen molar-refractivity contribution in [1.82, 2.24) is 5.32 Å². The second kappa shape index (κ2) is 7.68. The summed E-state index contributed by atoms with van der Waals surface area (Å²) in [5.74, 6) is -0.505. The van der Waals surface area contributed by atoms with E-state index in [1.165, 1.54) is 18.2 Å². The zero-order chi connectivity index (χ0) is 15.8. The highest BCUT2D eigenvalue weighted by Crippen LogP contribution is 2.25. The second-order valence-electron chi connectivity index (χ2n) is 3.94. The first-order chi connectivity index (χ1) is 9.95. The number of hydrogen-bond donors (Lipinski definition) is 3. The minimum atomic E-state index is -0.935. The van der Waals surface area contributed by atoms with Gasteiger partial charge in [0.05, 0.1) is 11.5 Å². The van der Waals surface area contributed by atoms with Gasteiger partial charge in [0.25, 0.3) is 11.6 Å². The van der Waals surface area contributed by atoms with E-state index in [1.54, 1.807) is 0 Å². The molecule has 4 N–H and O–H groups in total. The summed E-state index contributed by atoms with van der Waals surface area (Å²) in [6, 6.07) is 4.12. The van der Waals surface area contributed by atoms with Crippen LogP contribution in [-0.2, 0) is 4.74 Å². The number of primary amides is 1. The van der Waals surface area contributed by atoms with Gasteiger partial charge in [-0.25, -0.2) is 4.79 Å². The lowest BCUT2D eigenvalue weighted by atomic mass is 10.1. The van der Waals surface area contributed by atoms with Crippen LogP contribution in [0.5, 0.6) is 0 Å². The van der Waals surface area contributed by atoms with Crippen molar-refractivity contribution in [3.63, 3.8) is 0 Å². The molecule has 0 bridgehead atoms. The first-order valence-electron chi connectivity index (χ1n) is 6.18. The van der Waals surface area contributed by atoms with Gasteiger partial charge in [0.2, 0.25) is 0 Å². The average Bonchev–Trinajstić information content (AvgIpc) is 2.43. The van der Waals surface area contributed by atoms with Crippen LogP contribution in [0.4, 0.5) is 16.2 Å². The van der Waals surface area contributed by atoms with Crippen molar-refractivity contribution in [3.05, 3.63) is 33.9 Å². The van der Waals surface area contributed by atoms with E-state index in [1.807, 2.05) is 6.92 Å². The molecular weight excluding hydrogens is 280 g/mol. The van der Waals surface area contributed by atoms with Gasteiger partial charge >= 0.3 is 6.09 Å². The summed E-state index contributed by atoms with van der Waals surface area (Å²) < 4.78 is 4.45. The maximum Gasteiger partial charge on any atom is 0.404 e. The van der Waals surface area contributed by atoms with Gasteiger partial charge in [-0.15, -0.1) is 0 Å². The van der Waals surface area contributed by atoms with Gasteiger partial charge in [0.15, 0.2) is 0 Å². The number of nitro groups is 1. The minimum absolute atomic E-state index is 0.0601. The molecule has 0 aromatic heterocycles. The topological polar surface area (TPSA) is 137 Å². The van der Waals surface area contributed by atoms with Crippen molar-refractivity contribution in [2.75, 3.05) is 25.0 Å². The molecule has 0 spiro atoms. The smallest absolute Gasteiger partial charge is 0.404 e. The largest absolute Gasteiger partial charge is 0.448 e. The maximum atomic E-state index is 11.8. The first-order valence-corrected chi connectivity index (χ1v) is 6.18. The maximum absolute atomic E-state index is 11.8. The SMILES string of the molecule is CCNc1ccc(C(=O)NCCOC(N)=O)cc1[N+](=O)[O-]. The van der Waals surface area contributed by atoms with Crippen molar-refractivity contribution in [2.24, 2.45) is 5.73 Å². The monoisotopic (exact) mass is 296 g/mol. The van der Waals surface area contributed by atoms with Gasteiger partial charge in [0.1, 0.15) is 12.3 Å². The zero-order valence-electron chi connectivity index (χ0n) is 11.4. The van der Waals surface area contributed by atoms with E-state index >= 15 is 0 Å². The third kappa shape index (κ3) is 4.97. The molecule has 0 aliphatic rings. The van der Waals surface area contributed by atoms with Crippen molar-refractivity contribution in [2.45, 2.75) is 6.92 Å². The molecule has 9 heteroatoms. The lowest BCUT2D eigenvalue weighted by Gasteiger charge is -2.08. The molecule has 0 saturated carbocycles. The van der Waals surface area contributed by atoms with Crippen LogP contribution in [0.15, 0.2) is 18.2 Å². The van der Waals surface area contributed by atoms with Gasteiger partial charge in [-0.3, -0.25) is 14.9 Å². The van der Waals surface area contributed by atoms with Crippen LogP contribution < -0.4 is 16.4 Å². The van der Waals surface area contributed by atoms with Gasteiger partial charge in [-0.2, -0.15) is 0 Å². The van der Waals surface area contributed by atoms with Gasteiger partial charge in [-0.1, -0.05) is 0 Å². The molecule has 0 radical (unpaired) electrons. The number of carbonyl (C=O) groups is 2. The van der Waals surface area contributed by atoms with Crippen LogP contribution in [0, 0.1) is 10.1 Å². The fourth-order valence-corrected chi connectivity index (χ4v) is 1.58. The van der Waals surface area contributed by atoms with Gasteiger partial charge in [-0.05, 0) is 19.1 Å². The summed E-state index contributed by atoms with van der Waals surface area (Å²) in [5, 5.41) is 16.3. The number of nitrogens with two attached hydrogens (primary N) is 1. The Hall–Kier alpha value is -2.84. The number of nitro benzene ring substituents is 1. The number of hydrogen-bond acceptors (Lipinski definition) is 6. The number of rotatable bonds is 7. The van der Waals surface area contributed by atoms with E-state index in [9.17, 15) is 19.7 Å². The normalized spacial score (nSPS) is 9.76. The average molecular weight is 296 g/mol. The van der Waals surface area contributed by atoms with E-state index in [0.29, 0.717) is 12.2 Å². The Morgan fingerprint density at radius 1 is 1.43 bits per heavy atom. The van der Waals surface area contributed by atoms with Crippen molar-refractivity contribution in [1.29, 1.82) is 0 Å². The number of ether oxygens (including phenoxy) is 1. The van der Waals surface area contributed by atoms with E-state index in [-0.39, 0.29) is 24.4 Å². The van der Waals surface area contributed by atoms with Gasteiger partial charge in [0, 0.05) is 18.2 Å². The Morgan fingerprint density at radius 2 is 2.14 bits per heavy atom. The van der Waals surface area contributed by atoms with Crippen LogP contribution in [-0.4, -0.2) is 36.6 Å². The minimum Gasteiger partial charge on any atom is -0.448 e.